The molecule has 148 valence electrons. The number of anilines is 1. The third kappa shape index (κ3) is 4.12. The van der Waals surface area contributed by atoms with Gasteiger partial charge in [0.2, 0.25) is 5.91 Å². The number of carbonyl (C=O) groups excluding carboxylic acids is 2. The molecule has 2 aromatic carbocycles. The summed E-state index contributed by atoms with van der Waals surface area (Å²) in [5.74, 6) is 1.26. The van der Waals surface area contributed by atoms with E-state index >= 15 is 0 Å². The lowest BCUT2D eigenvalue weighted by Gasteiger charge is -2.22. The summed E-state index contributed by atoms with van der Waals surface area (Å²) < 4.78 is 6.78. The van der Waals surface area contributed by atoms with E-state index in [-0.39, 0.29) is 11.8 Å². The highest BCUT2D eigenvalue weighted by atomic mass is 32.2. The van der Waals surface area contributed by atoms with Crippen LogP contribution in [0.1, 0.15) is 10.5 Å². The third-order valence-electron chi connectivity index (χ3n) is 4.63. The van der Waals surface area contributed by atoms with Crippen LogP contribution in [0.3, 0.4) is 0 Å². The van der Waals surface area contributed by atoms with Gasteiger partial charge in [0.1, 0.15) is 11.8 Å². The van der Waals surface area contributed by atoms with Gasteiger partial charge in [-0.2, -0.15) is 5.10 Å². The molecule has 2 heterocycles. The summed E-state index contributed by atoms with van der Waals surface area (Å²) in [6, 6.07) is 17.8. The van der Waals surface area contributed by atoms with E-state index in [9.17, 15) is 9.59 Å². The summed E-state index contributed by atoms with van der Waals surface area (Å²) in [7, 11) is 1.59. The quantitative estimate of drug-likeness (QED) is 0.702. The SMILES string of the molecule is COc1ccc(NC(=O)C2CSCN2C(=O)c2ccn(-c3ccccc3)n2)cc1. The molecule has 29 heavy (non-hydrogen) atoms. The summed E-state index contributed by atoms with van der Waals surface area (Å²) in [4.78, 5) is 27.3. The van der Waals surface area contributed by atoms with E-state index < -0.39 is 6.04 Å². The van der Waals surface area contributed by atoms with Crippen molar-refractivity contribution >= 4 is 29.3 Å². The average Bonchev–Trinajstić information content (AvgIpc) is 3.44. The van der Waals surface area contributed by atoms with Crippen LogP contribution in [0.2, 0.25) is 0 Å². The van der Waals surface area contributed by atoms with Gasteiger partial charge in [-0.15, -0.1) is 11.8 Å². The van der Waals surface area contributed by atoms with Crippen molar-refractivity contribution in [2.24, 2.45) is 0 Å². The number of nitrogens with one attached hydrogen (secondary N) is 1. The van der Waals surface area contributed by atoms with Crippen molar-refractivity contribution in [1.82, 2.24) is 14.7 Å². The highest BCUT2D eigenvalue weighted by Crippen LogP contribution is 2.25. The maximum absolute atomic E-state index is 13.0. The third-order valence-corrected chi connectivity index (χ3v) is 5.64. The van der Waals surface area contributed by atoms with Crippen molar-refractivity contribution in [3.63, 3.8) is 0 Å². The number of nitrogens with zero attached hydrogens (tertiary/aromatic N) is 3. The van der Waals surface area contributed by atoms with Crippen LogP contribution < -0.4 is 10.1 Å². The molecule has 3 aromatic rings. The Balaban J connectivity index is 1.46. The maximum atomic E-state index is 13.0. The largest absolute Gasteiger partial charge is 0.497 e. The Kier molecular flexibility index (Phi) is 5.53. The Morgan fingerprint density at radius 1 is 1.10 bits per heavy atom. The van der Waals surface area contributed by atoms with Crippen molar-refractivity contribution in [2.75, 3.05) is 24.1 Å². The van der Waals surface area contributed by atoms with Crippen LogP contribution in [-0.4, -0.2) is 51.3 Å². The summed E-state index contributed by atoms with van der Waals surface area (Å²) in [5, 5.41) is 7.27. The molecule has 0 saturated carbocycles. The fourth-order valence-electron chi connectivity index (χ4n) is 3.07. The van der Waals surface area contributed by atoms with Crippen LogP contribution in [0.5, 0.6) is 5.75 Å². The number of ether oxygens (including phenoxy) is 1. The van der Waals surface area contributed by atoms with E-state index in [0.717, 1.165) is 5.69 Å². The lowest BCUT2D eigenvalue weighted by atomic mass is 10.2. The molecule has 1 aliphatic heterocycles. The molecular formula is C21H20N4O3S. The minimum absolute atomic E-state index is 0.212. The van der Waals surface area contributed by atoms with Crippen molar-refractivity contribution in [3.8, 4) is 11.4 Å². The van der Waals surface area contributed by atoms with Crippen LogP contribution in [0.4, 0.5) is 5.69 Å². The Hall–Kier alpha value is -3.26. The molecule has 7 nitrogen and oxygen atoms in total. The van der Waals surface area contributed by atoms with E-state index in [4.69, 9.17) is 4.74 Å². The van der Waals surface area contributed by atoms with Crippen molar-refractivity contribution < 1.29 is 14.3 Å². The molecule has 2 amide bonds. The first-order chi connectivity index (χ1) is 14.2. The molecule has 1 aromatic heterocycles. The molecule has 1 unspecified atom stereocenters. The molecule has 0 aliphatic carbocycles. The summed E-state index contributed by atoms with van der Waals surface area (Å²) in [5.41, 5.74) is 1.85. The first-order valence-electron chi connectivity index (χ1n) is 9.10. The topological polar surface area (TPSA) is 76.5 Å². The van der Waals surface area contributed by atoms with E-state index in [1.165, 1.54) is 0 Å². The van der Waals surface area contributed by atoms with Gasteiger partial charge in [-0.1, -0.05) is 18.2 Å². The number of hydrogen-bond donors (Lipinski definition) is 1. The van der Waals surface area contributed by atoms with Crippen molar-refractivity contribution in [1.29, 1.82) is 0 Å². The zero-order valence-electron chi connectivity index (χ0n) is 15.8. The summed E-state index contributed by atoms with van der Waals surface area (Å²) in [6.45, 7) is 0. The van der Waals surface area contributed by atoms with Gasteiger partial charge in [0.05, 0.1) is 18.7 Å². The zero-order chi connectivity index (χ0) is 20.2. The van der Waals surface area contributed by atoms with Crippen molar-refractivity contribution in [2.45, 2.75) is 6.04 Å². The number of carbonyl (C=O) groups is 2. The second-order valence-corrected chi connectivity index (χ2v) is 7.49. The molecule has 8 heteroatoms. The highest BCUT2D eigenvalue weighted by Gasteiger charge is 2.36. The van der Waals surface area contributed by atoms with Crippen LogP contribution in [0.15, 0.2) is 66.9 Å². The Morgan fingerprint density at radius 2 is 1.86 bits per heavy atom. The Labute approximate surface area is 172 Å². The number of thioether (sulfide) groups is 1. The first kappa shape index (κ1) is 19.1. The second kappa shape index (κ2) is 8.40. The van der Waals surface area contributed by atoms with Gasteiger partial charge in [0.25, 0.3) is 5.91 Å². The van der Waals surface area contributed by atoms with Crippen LogP contribution >= 0.6 is 11.8 Å². The lowest BCUT2D eigenvalue weighted by molar-refractivity contribution is -0.119. The van der Waals surface area contributed by atoms with Gasteiger partial charge in [-0.3, -0.25) is 9.59 Å². The van der Waals surface area contributed by atoms with Crippen molar-refractivity contribution in [3.05, 3.63) is 72.6 Å². The van der Waals surface area contributed by atoms with E-state index in [2.05, 4.69) is 10.4 Å². The predicted octanol–water partition coefficient (Wildman–Crippen LogP) is 3.03. The molecule has 1 N–H and O–H groups in total. The van der Waals surface area contributed by atoms with E-state index in [1.807, 2.05) is 30.3 Å². The summed E-state index contributed by atoms with van der Waals surface area (Å²) >= 11 is 1.55. The average molecular weight is 408 g/mol. The van der Waals surface area contributed by atoms with Crippen LogP contribution in [0.25, 0.3) is 5.69 Å². The van der Waals surface area contributed by atoms with Gasteiger partial charge in [-0.05, 0) is 42.5 Å². The minimum atomic E-state index is -0.545. The standard InChI is InChI=1S/C21H20N4O3S/c1-28-17-9-7-15(8-10-17)22-20(26)19-13-29-14-24(19)21(27)18-11-12-25(23-18)16-5-3-2-4-6-16/h2-12,19H,13-14H2,1H3,(H,22,26). The molecule has 4 rings (SSSR count). The Morgan fingerprint density at radius 3 is 2.59 bits per heavy atom. The molecule has 0 spiro atoms. The fourth-order valence-corrected chi connectivity index (χ4v) is 4.22. The highest BCUT2D eigenvalue weighted by molar-refractivity contribution is 7.99. The van der Waals surface area contributed by atoms with Gasteiger partial charge >= 0.3 is 0 Å². The molecule has 1 fully saturated rings. The van der Waals surface area contributed by atoms with Gasteiger partial charge in [-0.25, -0.2) is 4.68 Å². The maximum Gasteiger partial charge on any atom is 0.275 e. The molecule has 1 saturated heterocycles. The molecule has 0 radical (unpaired) electrons. The second-order valence-electron chi connectivity index (χ2n) is 6.49. The lowest BCUT2D eigenvalue weighted by Crippen LogP contribution is -2.44. The normalized spacial score (nSPS) is 15.9. The fraction of sp³-hybridized carbons (Fsp3) is 0.190. The van der Waals surface area contributed by atoms with Gasteiger partial charge < -0.3 is 15.0 Å². The molecular weight excluding hydrogens is 388 g/mol. The Bertz CT molecular complexity index is 1000. The number of amides is 2. The number of methoxy groups -OCH3 is 1. The molecule has 0 bridgehead atoms. The number of hydrogen-bond acceptors (Lipinski definition) is 5. The predicted molar refractivity (Wildman–Crippen MR) is 112 cm³/mol. The monoisotopic (exact) mass is 408 g/mol. The number of para-hydroxylation sites is 1. The van der Waals surface area contributed by atoms with E-state index in [1.54, 1.807) is 65.0 Å². The van der Waals surface area contributed by atoms with Gasteiger partial charge in [0, 0.05) is 17.6 Å². The van der Waals surface area contributed by atoms with Crippen LogP contribution in [-0.2, 0) is 4.79 Å². The van der Waals surface area contributed by atoms with E-state index in [0.29, 0.717) is 28.8 Å². The molecule has 1 aliphatic rings. The number of aromatic nitrogens is 2. The molecule has 1 atom stereocenters. The zero-order valence-corrected chi connectivity index (χ0v) is 16.6. The number of benzene rings is 2. The first-order valence-corrected chi connectivity index (χ1v) is 10.3. The number of rotatable bonds is 5. The summed E-state index contributed by atoms with van der Waals surface area (Å²) in [6.07, 6.45) is 1.75. The smallest absolute Gasteiger partial charge is 0.275 e. The van der Waals surface area contributed by atoms with Crippen LogP contribution in [0, 0.1) is 0 Å². The van der Waals surface area contributed by atoms with Gasteiger partial charge in [0.15, 0.2) is 5.69 Å². The minimum Gasteiger partial charge on any atom is -0.497 e.